The highest BCUT2D eigenvalue weighted by Gasteiger charge is 2.17. The molecule has 0 amide bonds. The van der Waals surface area contributed by atoms with E-state index in [4.69, 9.17) is 15.2 Å². The second kappa shape index (κ2) is 5.27. The van der Waals surface area contributed by atoms with E-state index in [9.17, 15) is 4.39 Å². The molecular formula is C13H16FN3O2. The predicted octanol–water partition coefficient (Wildman–Crippen LogP) is 1.96. The summed E-state index contributed by atoms with van der Waals surface area (Å²) in [6, 6.07) is 4.44. The number of aryl methyl sites for hydroxylation is 1. The Morgan fingerprint density at radius 3 is 2.58 bits per heavy atom. The van der Waals surface area contributed by atoms with Crippen molar-refractivity contribution in [2.75, 3.05) is 20.0 Å². The second-order valence-corrected chi connectivity index (χ2v) is 4.15. The fourth-order valence-corrected chi connectivity index (χ4v) is 1.96. The van der Waals surface area contributed by atoms with Crippen LogP contribution in [-0.2, 0) is 18.4 Å². The molecular weight excluding hydrogens is 249 g/mol. The molecule has 0 saturated carbocycles. The first-order valence-corrected chi connectivity index (χ1v) is 5.72. The van der Waals surface area contributed by atoms with Gasteiger partial charge in [-0.15, -0.1) is 0 Å². The fraction of sp³-hybridized carbons (Fsp3) is 0.308. The highest BCUT2D eigenvalue weighted by molar-refractivity contribution is 5.73. The highest BCUT2D eigenvalue weighted by Crippen LogP contribution is 2.34. The summed E-state index contributed by atoms with van der Waals surface area (Å²) >= 11 is 0. The molecule has 6 heteroatoms. The Kier molecular flexibility index (Phi) is 3.71. The van der Waals surface area contributed by atoms with Gasteiger partial charge in [0.25, 0.3) is 0 Å². The highest BCUT2D eigenvalue weighted by atomic mass is 19.1. The summed E-state index contributed by atoms with van der Waals surface area (Å²) in [5, 5.41) is 4.30. The lowest BCUT2D eigenvalue weighted by Crippen LogP contribution is -1.99. The monoisotopic (exact) mass is 265 g/mol. The Bertz CT molecular complexity index is 576. The number of nitrogen functional groups attached to an aromatic ring is 1. The summed E-state index contributed by atoms with van der Waals surface area (Å²) in [5.41, 5.74) is 7.76. The second-order valence-electron chi connectivity index (χ2n) is 4.15. The van der Waals surface area contributed by atoms with Gasteiger partial charge in [-0.25, -0.2) is 4.39 Å². The number of hydrogen-bond acceptors (Lipinski definition) is 4. The van der Waals surface area contributed by atoms with Gasteiger partial charge in [0.1, 0.15) is 17.4 Å². The van der Waals surface area contributed by atoms with E-state index >= 15 is 0 Å². The van der Waals surface area contributed by atoms with E-state index in [1.807, 2.05) is 0 Å². The van der Waals surface area contributed by atoms with Gasteiger partial charge in [0.2, 0.25) is 0 Å². The van der Waals surface area contributed by atoms with Crippen molar-refractivity contribution in [3.05, 3.63) is 29.6 Å². The molecule has 2 aromatic rings. The van der Waals surface area contributed by atoms with Crippen LogP contribution in [0.2, 0.25) is 0 Å². The first-order valence-electron chi connectivity index (χ1n) is 5.72. The minimum atomic E-state index is -0.378. The van der Waals surface area contributed by atoms with Crippen molar-refractivity contribution in [2.24, 2.45) is 7.05 Å². The van der Waals surface area contributed by atoms with Crippen molar-refractivity contribution in [1.29, 1.82) is 0 Å². The van der Waals surface area contributed by atoms with E-state index < -0.39 is 0 Å². The number of benzene rings is 1. The zero-order chi connectivity index (χ0) is 14.0. The first kappa shape index (κ1) is 13.4. The van der Waals surface area contributed by atoms with E-state index in [1.54, 1.807) is 24.9 Å². The smallest absolute Gasteiger partial charge is 0.131 e. The Balaban J connectivity index is 2.64. The molecule has 0 fully saturated rings. The maximum absolute atomic E-state index is 13.5. The number of ether oxygens (including phenoxy) is 2. The van der Waals surface area contributed by atoms with E-state index in [2.05, 4.69) is 5.10 Å². The van der Waals surface area contributed by atoms with E-state index in [-0.39, 0.29) is 12.4 Å². The minimum Gasteiger partial charge on any atom is -0.496 e. The zero-order valence-electron chi connectivity index (χ0n) is 11.1. The molecule has 0 spiro atoms. The van der Waals surface area contributed by atoms with Crippen LogP contribution < -0.4 is 10.5 Å². The van der Waals surface area contributed by atoms with Gasteiger partial charge in [-0.1, -0.05) is 0 Å². The standard InChI is InChI=1S/C13H16FN3O2/c1-17-12(15)6-10(16-17)13-8(7-18-2)4-9(14)5-11(13)19-3/h4-6H,7,15H2,1-3H3. The van der Waals surface area contributed by atoms with Crippen LogP contribution in [0.25, 0.3) is 11.3 Å². The summed E-state index contributed by atoms with van der Waals surface area (Å²) in [7, 11) is 4.78. The molecule has 5 nitrogen and oxygen atoms in total. The number of nitrogens with two attached hydrogens (primary N) is 1. The number of rotatable bonds is 4. The van der Waals surface area contributed by atoms with Gasteiger partial charge >= 0.3 is 0 Å². The number of hydrogen-bond donors (Lipinski definition) is 1. The van der Waals surface area contributed by atoms with Gasteiger partial charge in [0, 0.05) is 31.9 Å². The molecule has 0 bridgehead atoms. The quantitative estimate of drug-likeness (QED) is 0.918. The van der Waals surface area contributed by atoms with Crippen LogP contribution in [-0.4, -0.2) is 24.0 Å². The Morgan fingerprint density at radius 1 is 1.32 bits per heavy atom. The van der Waals surface area contributed by atoms with Crippen LogP contribution in [0, 0.1) is 5.82 Å². The van der Waals surface area contributed by atoms with Gasteiger partial charge in [-0.3, -0.25) is 4.68 Å². The molecule has 1 aromatic carbocycles. The minimum absolute atomic E-state index is 0.264. The topological polar surface area (TPSA) is 62.3 Å². The van der Waals surface area contributed by atoms with Gasteiger partial charge in [-0.05, 0) is 11.6 Å². The molecule has 19 heavy (non-hydrogen) atoms. The van der Waals surface area contributed by atoms with E-state index in [0.717, 1.165) is 0 Å². The van der Waals surface area contributed by atoms with Crippen molar-refractivity contribution in [3.8, 4) is 17.0 Å². The fourth-order valence-electron chi connectivity index (χ4n) is 1.96. The molecule has 2 N–H and O–H groups in total. The van der Waals surface area contributed by atoms with E-state index in [0.29, 0.717) is 28.4 Å². The van der Waals surface area contributed by atoms with Crippen LogP contribution in [0.5, 0.6) is 5.75 Å². The molecule has 0 saturated heterocycles. The predicted molar refractivity (Wildman–Crippen MR) is 70.3 cm³/mol. The van der Waals surface area contributed by atoms with Crippen molar-refractivity contribution in [1.82, 2.24) is 9.78 Å². The molecule has 0 aliphatic heterocycles. The summed E-state index contributed by atoms with van der Waals surface area (Å²) < 4.78 is 25.4. The van der Waals surface area contributed by atoms with Gasteiger partial charge in [0.15, 0.2) is 0 Å². The van der Waals surface area contributed by atoms with Crippen LogP contribution in [0.4, 0.5) is 10.2 Å². The largest absolute Gasteiger partial charge is 0.496 e. The Morgan fingerprint density at radius 2 is 2.05 bits per heavy atom. The lowest BCUT2D eigenvalue weighted by Gasteiger charge is -2.12. The molecule has 0 unspecified atom stereocenters. The van der Waals surface area contributed by atoms with Crippen molar-refractivity contribution in [3.63, 3.8) is 0 Å². The third-order valence-corrected chi connectivity index (χ3v) is 2.84. The summed E-state index contributed by atoms with van der Waals surface area (Å²) in [4.78, 5) is 0. The molecule has 2 rings (SSSR count). The van der Waals surface area contributed by atoms with Crippen LogP contribution in [0.15, 0.2) is 18.2 Å². The van der Waals surface area contributed by atoms with E-state index in [1.165, 1.54) is 19.2 Å². The normalized spacial score (nSPS) is 10.7. The number of halogens is 1. The van der Waals surface area contributed by atoms with Crippen molar-refractivity contribution in [2.45, 2.75) is 6.61 Å². The van der Waals surface area contributed by atoms with Crippen molar-refractivity contribution < 1.29 is 13.9 Å². The van der Waals surface area contributed by atoms with Crippen LogP contribution in [0.3, 0.4) is 0 Å². The summed E-state index contributed by atoms with van der Waals surface area (Å²) in [6.07, 6.45) is 0. The first-order chi connectivity index (χ1) is 9.06. The molecule has 102 valence electrons. The van der Waals surface area contributed by atoms with Gasteiger partial charge < -0.3 is 15.2 Å². The molecule has 0 aliphatic carbocycles. The molecule has 0 radical (unpaired) electrons. The number of methoxy groups -OCH3 is 2. The summed E-state index contributed by atoms with van der Waals surface area (Å²) in [5.74, 6) is 0.548. The zero-order valence-corrected chi connectivity index (χ0v) is 11.1. The molecule has 0 atom stereocenters. The Hall–Kier alpha value is -2.08. The van der Waals surface area contributed by atoms with Crippen LogP contribution in [0.1, 0.15) is 5.56 Å². The number of anilines is 1. The lowest BCUT2D eigenvalue weighted by molar-refractivity contribution is 0.184. The maximum atomic E-state index is 13.5. The molecule has 1 aromatic heterocycles. The van der Waals surface area contributed by atoms with Crippen molar-refractivity contribution >= 4 is 5.82 Å². The SMILES string of the molecule is COCc1cc(F)cc(OC)c1-c1cc(N)n(C)n1. The number of aromatic nitrogens is 2. The lowest BCUT2D eigenvalue weighted by atomic mass is 10.0. The average Bonchev–Trinajstić information content (AvgIpc) is 2.68. The molecule has 1 heterocycles. The Labute approximate surface area is 110 Å². The van der Waals surface area contributed by atoms with Gasteiger partial charge in [-0.2, -0.15) is 5.10 Å². The number of nitrogens with zero attached hydrogens (tertiary/aromatic N) is 2. The van der Waals surface area contributed by atoms with Gasteiger partial charge in [0.05, 0.1) is 19.4 Å². The van der Waals surface area contributed by atoms with Crippen LogP contribution >= 0.6 is 0 Å². The summed E-state index contributed by atoms with van der Waals surface area (Å²) in [6.45, 7) is 0.264. The third kappa shape index (κ3) is 2.53. The maximum Gasteiger partial charge on any atom is 0.131 e. The average molecular weight is 265 g/mol. The third-order valence-electron chi connectivity index (χ3n) is 2.84. The molecule has 0 aliphatic rings.